The highest BCUT2D eigenvalue weighted by molar-refractivity contribution is 6.30. The van der Waals surface area contributed by atoms with Crippen molar-refractivity contribution in [3.05, 3.63) is 62.8 Å². The first-order valence-electron chi connectivity index (χ1n) is 5.36. The largest absolute Gasteiger partial charge is 0.292 e. The van der Waals surface area contributed by atoms with Crippen molar-refractivity contribution < 1.29 is 0 Å². The van der Waals surface area contributed by atoms with Gasteiger partial charge in [-0.2, -0.15) is 0 Å². The van der Waals surface area contributed by atoms with Crippen LogP contribution in [-0.4, -0.2) is 9.55 Å². The lowest BCUT2D eigenvalue weighted by atomic mass is 10.2. The molecule has 0 spiro atoms. The van der Waals surface area contributed by atoms with Gasteiger partial charge in [0, 0.05) is 16.8 Å². The van der Waals surface area contributed by atoms with E-state index in [1.165, 1.54) is 0 Å². The fourth-order valence-corrected chi connectivity index (χ4v) is 1.85. The molecule has 0 saturated heterocycles. The number of hydrogen-bond donors (Lipinski definition) is 0. The number of halogens is 1. The third-order valence-electron chi connectivity index (χ3n) is 2.58. The van der Waals surface area contributed by atoms with Crippen LogP contribution < -0.4 is 5.56 Å². The zero-order chi connectivity index (χ0) is 12.4. The predicted molar refractivity (Wildman–Crippen MR) is 68.5 cm³/mol. The monoisotopic (exact) mass is 248 g/mol. The smallest absolute Gasteiger partial charge is 0.254 e. The maximum absolute atomic E-state index is 11.8. The molecule has 0 unspecified atom stereocenters. The molecule has 88 valence electrons. The molecule has 0 saturated carbocycles. The van der Waals surface area contributed by atoms with Gasteiger partial charge in [0.2, 0.25) is 0 Å². The summed E-state index contributed by atoms with van der Waals surface area (Å²) in [4.78, 5) is 16.1. The Labute approximate surface area is 105 Å². The van der Waals surface area contributed by atoms with Crippen LogP contribution in [-0.2, 0) is 6.54 Å². The van der Waals surface area contributed by atoms with Crippen molar-refractivity contribution in [2.24, 2.45) is 0 Å². The minimum absolute atomic E-state index is 0.0232. The van der Waals surface area contributed by atoms with Gasteiger partial charge in [-0.1, -0.05) is 23.7 Å². The Morgan fingerprint density at radius 2 is 1.88 bits per heavy atom. The Morgan fingerprint density at radius 1 is 1.24 bits per heavy atom. The van der Waals surface area contributed by atoms with Gasteiger partial charge in [-0.05, 0) is 31.5 Å². The van der Waals surface area contributed by atoms with Gasteiger partial charge in [0.1, 0.15) is 5.82 Å². The summed E-state index contributed by atoms with van der Waals surface area (Å²) in [6.07, 6.45) is 0. The maximum Gasteiger partial charge on any atom is 0.254 e. The van der Waals surface area contributed by atoms with Crippen LogP contribution in [0.15, 0.2) is 35.1 Å². The topological polar surface area (TPSA) is 34.9 Å². The van der Waals surface area contributed by atoms with Crippen molar-refractivity contribution in [2.45, 2.75) is 20.4 Å². The quantitative estimate of drug-likeness (QED) is 0.819. The van der Waals surface area contributed by atoms with E-state index in [9.17, 15) is 4.79 Å². The molecular formula is C13H13ClN2O. The van der Waals surface area contributed by atoms with E-state index < -0.39 is 0 Å². The summed E-state index contributed by atoms with van der Waals surface area (Å²) in [5.74, 6) is 0.727. The summed E-state index contributed by atoms with van der Waals surface area (Å²) in [6.45, 7) is 4.18. The van der Waals surface area contributed by atoms with E-state index in [4.69, 9.17) is 11.6 Å². The molecule has 2 aromatic rings. The average molecular weight is 249 g/mol. The molecule has 0 aliphatic rings. The molecule has 1 aromatic carbocycles. The molecule has 0 amide bonds. The number of rotatable bonds is 2. The summed E-state index contributed by atoms with van der Waals surface area (Å²) < 4.78 is 1.65. The maximum atomic E-state index is 11.8. The van der Waals surface area contributed by atoms with E-state index in [1.54, 1.807) is 10.6 Å². The Balaban J connectivity index is 2.36. The van der Waals surface area contributed by atoms with Gasteiger partial charge in [0.25, 0.3) is 5.56 Å². The van der Waals surface area contributed by atoms with E-state index in [0.29, 0.717) is 11.6 Å². The molecule has 1 heterocycles. The van der Waals surface area contributed by atoms with Gasteiger partial charge < -0.3 is 0 Å². The van der Waals surface area contributed by atoms with E-state index in [2.05, 4.69) is 4.98 Å². The highest BCUT2D eigenvalue weighted by Gasteiger charge is 2.03. The highest BCUT2D eigenvalue weighted by Crippen LogP contribution is 2.10. The SMILES string of the molecule is Cc1cc(=O)n(Cc2ccc(Cl)cc2)c(C)n1. The average Bonchev–Trinajstić information content (AvgIpc) is 2.26. The van der Waals surface area contributed by atoms with Gasteiger partial charge in [-0.15, -0.1) is 0 Å². The van der Waals surface area contributed by atoms with Crippen molar-refractivity contribution in [2.75, 3.05) is 0 Å². The minimum atomic E-state index is -0.0232. The number of aromatic nitrogens is 2. The van der Waals surface area contributed by atoms with Crippen LogP contribution in [0.1, 0.15) is 17.1 Å². The van der Waals surface area contributed by atoms with Gasteiger partial charge >= 0.3 is 0 Å². The van der Waals surface area contributed by atoms with Crippen LogP contribution in [0, 0.1) is 13.8 Å². The summed E-state index contributed by atoms with van der Waals surface area (Å²) >= 11 is 5.82. The second-order valence-electron chi connectivity index (χ2n) is 4.00. The molecule has 0 atom stereocenters. The first-order chi connectivity index (χ1) is 8.06. The van der Waals surface area contributed by atoms with Crippen molar-refractivity contribution >= 4 is 11.6 Å². The van der Waals surface area contributed by atoms with Gasteiger partial charge in [-0.25, -0.2) is 4.98 Å². The van der Waals surface area contributed by atoms with Crippen molar-refractivity contribution in [1.82, 2.24) is 9.55 Å². The number of nitrogens with zero attached hydrogens (tertiary/aromatic N) is 2. The fourth-order valence-electron chi connectivity index (χ4n) is 1.73. The van der Waals surface area contributed by atoms with Gasteiger partial charge in [0.15, 0.2) is 0 Å². The van der Waals surface area contributed by atoms with Crippen LogP contribution in [0.4, 0.5) is 0 Å². The van der Waals surface area contributed by atoms with Gasteiger partial charge in [0.05, 0.1) is 6.54 Å². The number of benzene rings is 1. The third kappa shape index (κ3) is 2.74. The fraction of sp³-hybridized carbons (Fsp3) is 0.231. The Kier molecular flexibility index (Phi) is 3.29. The standard InChI is InChI=1S/C13H13ClN2O/c1-9-7-13(17)16(10(2)15-9)8-11-3-5-12(14)6-4-11/h3-7H,8H2,1-2H3. The third-order valence-corrected chi connectivity index (χ3v) is 2.83. The molecule has 17 heavy (non-hydrogen) atoms. The Hall–Kier alpha value is -1.61. The summed E-state index contributed by atoms with van der Waals surface area (Å²) in [6, 6.07) is 9.00. The molecule has 4 heteroatoms. The highest BCUT2D eigenvalue weighted by atomic mass is 35.5. The second kappa shape index (κ2) is 4.72. The molecular weight excluding hydrogens is 236 g/mol. The molecule has 0 radical (unpaired) electrons. The zero-order valence-corrected chi connectivity index (χ0v) is 10.5. The Morgan fingerprint density at radius 3 is 2.47 bits per heavy atom. The van der Waals surface area contributed by atoms with Gasteiger partial charge in [-0.3, -0.25) is 9.36 Å². The molecule has 0 fully saturated rings. The lowest BCUT2D eigenvalue weighted by molar-refractivity contribution is 0.694. The predicted octanol–water partition coefficient (Wildman–Crippen LogP) is 2.56. The zero-order valence-electron chi connectivity index (χ0n) is 9.77. The van der Waals surface area contributed by atoms with Crippen LogP contribution in [0.5, 0.6) is 0 Å². The second-order valence-corrected chi connectivity index (χ2v) is 4.43. The van der Waals surface area contributed by atoms with E-state index >= 15 is 0 Å². The molecule has 0 aliphatic heterocycles. The molecule has 2 rings (SSSR count). The van der Waals surface area contributed by atoms with Crippen molar-refractivity contribution in [3.63, 3.8) is 0 Å². The molecule has 3 nitrogen and oxygen atoms in total. The first kappa shape index (κ1) is 11.9. The lowest BCUT2D eigenvalue weighted by Crippen LogP contribution is -2.24. The van der Waals surface area contributed by atoms with Crippen LogP contribution in [0.25, 0.3) is 0 Å². The first-order valence-corrected chi connectivity index (χ1v) is 5.73. The molecule has 0 aliphatic carbocycles. The summed E-state index contributed by atoms with van der Waals surface area (Å²) in [5, 5.41) is 0.694. The van der Waals surface area contributed by atoms with Crippen molar-refractivity contribution in [3.8, 4) is 0 Å². The molecule has 0 N–H and O–H groups in total. The number of hydrogen-bond acceptors (Lipinski definition) is 2. The van der Waals surface area contributed by atoms with Crippen LogP contribution in [0.3, 0.4) is 0 Å². The Bertz CT molecular complexity index is 587. The normalized spacial score (nSPS) is 10.5. The minimum Gasteiger partial charge on any atom is -0.292 e. The van der Waals surface area contributed by atoms with E-state index in [0.717, 1.165) is 17.1 Å². The van der Waals surface area contributed by atoms with Crippen LogP contribution >= 0.6 is 11.6 Å². The van der Waals surface area contributed by atoms with E-state index in [-0.39, 0.29) is 5.56 Å². The molecule has 1 aromatic heterocycles. The summed E-state index contributed by atoms with van der Waals surface area (Å²) in [5.41, 5.74) is 1.76. The number of aryl methyl sites for hydroxylation is 2. The lowest BCUT2D eigenvalue weighted by Gasteiger charge is -2.09. The van der Waals surface area contributed by atoms with Crippen LogP contribution in [0.2, 0.25) is 5.02 Å². The summed E-state index contributed by atoms with van der Waals surface area (Å²) in [7, 11) is 0. The van der Waals surface area contributed by atoms with Crippen molar-refractivity contribution in [1.29, 1.82) is 0 Å². The van der Waals surface area contributed by atoms with E-state index in [1.807, 2.05) is 38.1 Å². The molecule has 0 bridgehead atoms.